The van der Waals surface area contributed by atoms with Crippen molar-refractivity contribution in [1.29, 1.82) is 0 Å². The van der Waals surface area contributed by atoms with E-state index >= 15 is 0 Å². The monoisotopic (exact) mass is 494 g/mol. The van der Waals surface area contributed by atoms with E-state index in [4.69, 9.17) is 4.74 Å². The molecule has 3 nitrogen and oxygen atoms in total. The summed E-state index contributed by atoms with van der Waals surface area (Å²) in [5.41, 5.74) is 0. The van der Waals surface area contributed by atoms with E-state index in [2.05, 4.69) is 26.0 Å². The van der Waals surface area contributed by atoms with Crippen molar-refractivity contribution in [3.05, 3.63) is 12.2 Å². The number of hydrogen-bond donors (Lipinski definition) is 1. The molecule has 35 heavy (non-hydrogen) atoms. The van der Waals surface area contributed by atoms with Crippen LogP contribution in [-0.2, 0) is 9.53 Å². The third kappa shape index (κ3) is 26.1. The number of hydrogen-bond acceptors (Lipinski definition) is 3. The fourth-order valence-electron chi connectivity index (χ4n) is 4.67. The minimum absolute atomic E-state index is 0.0377. The molecule has 208 valence electrons. The first-order valence-electron chi connectivity index (χ1n) is 15.7. The molecule has 0 spiro atoms. The van der Waals surface area contributed by atoms with E-state index in [-0.39, 0.29) is 18.2 Å². The molecular weight excluding hydrogens is 432 g/mol. The molecule has 0 aromatic heterocycles. The van der Waals surface area contributed by atoms with Crippen LogP contribution in [-0.4, -0.2) is 23.3 Å². The first-order valence-corrected chi connectivity index (χ1v) is 15.7. The van der Waals surface area contributed by atoms with Crippen LogP contribution in [0.2, 0.25) is 0 Å². The molecule has 0 aliphatic heterocycles. The smallest absolute Gasteiger partial charge is 0.306 e. The van der Waals surface area contributed by atoms with Crippen LogP contribution < -0.4 is 0 Å². The maximum atomic E-state index is 11.9. The molecule has 0 radical (unpaired) electrons. The summed E-state index contributed by atoms with van der Waals surface area (Å²) >= 11 is 0. The molecule has 0 heterocycles. The molecule has 0 saturated carbocycles. The van der Waals surface area contributed by atoms with Crippen LogP contribution in [0.5, 0.6) is 0 Å². The first-order chi connectivity index (χ1) is 17.1. The third-order valence-electron chi connectivity index (χ3n) is 7.00. The number of ether oxygens (including phenoxy) is 1. The van der Waals surface area contributed by atoms with E-state index in [0.29, 0.717) is 6.42 Å². The molecule has 3 heteroatoms. The van der Waals surface area contributed by atoms with E-state index in [1.165, 1.54) is 96.3 Å². The number of aliphatic hydroxyl groups excluding tert-OH is 1. The van der Waals surface area contributed by atoms with Crippen LogP contribution >= 0.6 is 0 Å². The van der Waals surface area contributed by atoms with Crippen LogP contribution in [0.3, 0.4) is 0 Å². The highest BCUT2D eigenvalue weighted by Gasteiger charge is 2.12. The number of carbonyl (C=O) groups is 1. The predicted molar refractivity (Wildman–Crippen MR) is 153 cm³/mol. The van der Waals surface area contributed by atoms with Crippen molar-refractivity contribution in [1.82, 2.24) is 0 Å². The lowest BCUT2D eigenvalue weighted by Gasteiger charge is -2.16. The van der Waals surface area contributed by atoms with Crippen molar-refractivity contribution in [2.75, 3.05) is 0 Å². The summed E-state index contributed by atoms with van der Waals surface area (Å²) in [6.45, 7) is 6.52. The van der Waals surface area contributed by atoms with Crippen molar-refractivity contribution in [3.63, 3.8) is 0 Å². The summed E-state index contributed by atoms with van der Waals surface area (Å²) in [7, 11) is 0. The van der Waals surface area contributed by atoms with Gasteiger partial charge in [0.25, 0.3) is 0 Å². The van der Waals surface area contributed by atoms with Crippen molar-refractivity contribution >= 4 is 5.97 Å². The topological polar surface area (TPSA) is 46.5 Å². The summed E-state index contributed by atoms with van der Waals surface area (Å²) in [6, 6.07) is 0. The van der Waals surface area contributed by atoms with Crippen LogP contribution in [0.25, 0.3) is 0 Å². The van der Waals surface area contributed by atoms with E-state index in [9.17, 15) is 9.90 Å². The third-order valence-corrected chi connectivity index (χ3v) is 7.00. The Kier molecular flexibility index (Phi) is 27.1. The largest absolute Gasteiger partial charge is 0.462 e. The lowest BCUT2D eigenvalue weighted by Crippen LogP contribution is -2.17. The molecule has 0 fully saturated rings. The van der Waals surface area contributed by atoms with Gasteiger partial charge >= 0.3 is 5.97 Å². The number of rotatable bonds is 27. The zero-order valence-corrected chi connectivity index (χ0v) is 24.0. The molecule has 0 rings (SSSR count). The summed E-state index contributed by atoms with van der Waals surface area (Å²) in [5, 5.41) is 10.2. The zero-order chi connectivity index (χ0) is 25.8. The molecule has 2 unspecified atom stereocenters. The van der Waals surface area contributed by atoms with Crippen molar-refractivity contribution in [2.24, 2.45) is 0 Å². The summed E-state index contributed by atoms with van der Waals surface area (Å²) < 4.78 is 5.71. The molecule has 0 aromatic carbocycles. The van der Waals surface area contributed by atoms with Gasteiger partial charge in [-0.05, 0) is 44.9 Å². The second kappa shape index (κ2) is 27.8. The van der Waals surface area contributed by atoms with Gasteiger partial charge in [0.2, 0.25) is 0 Å². The van der Waals surface area contributed by atoms with Crippen LogP contribution in [0.4, 0.5) is 0 Å². The standard InChI is InChI=1S/C32H62O3/c1-4-7-9-11-12-15-18-21-26-30(33)27-22-19-16-13-14-17-20-24-29-31(28-23-10-8-5-2)35-32(34)25-6-3/h20,24,30-31,33H,4-19,21-23,25-29H2,1-3H3/b24-20-. The van der Waals surface area contributed by atoms with Crippen molar-refractivity contribution in [3.8, 4) is 0 Å². The number of aliphatic hydroxyl groups is 1. The molecule has 1 N–H and O–H groups in total. The number of unbranched alkanes of at least 4 members (excludes halogenated alkanes) is 15. The number of allylic oxidation sites excluding steroid dienone is 1. The maximum absolute atomic E-state index is 11.9. The van der Waals surface area contributed by atoms with Crippen LogP contribution in [0, 0.1) is 0 Å². The molecule has 2 atom stereocenters. The maximum Gasteiger partial charge on any atom is 0.306 e. The Hall–Kier alpha value is -0.830. The molecule has 0 aliphatic rings. The Bertz CT molecular complexity index is 460. The van der Waals surface area contributed by atoms with Gasteiger partial charge in [-0.2, -0.15) is 0 Å². The predicted octanol–water partition coefficient (Wildman–Crippen LogP) is 10.2. The SMILES string of the molecule is CCCCCCCCCCC(O)CCCCCCC/C=C\CC(CCCCCC)OC(=O)CCC. The average Bonchev–Trinajstić information content (AvgIpc) is 2.84. The van der Waals surface area contributed by atoms with Gasteiger partial charge < -0.3 is 9.84 Å². The molecule has 0 bridgehead atoms. The summed E-state index contributed by atoms with van der Waals surface area (Å²) in [5.74, 6) is -0.0377. The van der Waals surface area contributed by atoms with Gasteiger partial charge in [-0.3, -0.25) is 4.79 Å². The van der Waals surface area contributed by atoms with E-state index in [1.807, 2.05) is 6.92 Å². The summed E-state index contributed by atoms with van der Waals surface area (Å²) in [4.78, 5) is 11.9. The fraction of sp³-hybridized carbons (Fsp3) is 0.906. The second-order valence-corrected chi connectivity index (χ2v) is 10.7. The lowest BCUT2D eigenvalue weighted by atomic mass is 10.0. The highest BCUT2D eigenvalue weighted by molar-refractivity contribution is 5.69. The molecule has 0 amide bonds. The van der Waals surface area contributed by atoms with E-state index in [0.717, 1.165) is 51.4 Å². The lowest BCUT2D eigenvalue weighted by molar-refractivity contribution is -0.149. The van der Waals surface area contributed by atoms with Gasteiger partial charge in [0.05, 0.1) is 6.10 Å². The summed E-state index contributed by atoms with van der Waals surface area (Å²) in [6.07, 6.45) is 32.6. The van der Waals surface area contributed by atoms with E-state index in [1.54, 1.807) is 0 Å². The van der Waals surface area contributed by atoms with Gasteiger partial charge in [-0.15, -0.1) is 0 Å². The average molecular weight is 495 g/mol. The van der Waals surface area contributed by atoms with Gasteiger partial charge in [0.15, 0.2) is 0 Å². The highest BCUT2D eigenvalue weighted by atomic mass is 16.5. The van der Waals surface area contributed by atoms with Gasteiger partial charge in [0, 0.05) is 12.8 Å². The van der Waals surface area contributed by atoms with Crippen molar-refractivity contribution < 1.29 is 14.6 Å². The molecular formula is C32H62O3. The molecule has 0 aromatic rings. The van der Waals surface area contributed by atoms with Gasteiger partial charge in [-0.1, -0.05) is 129 Å². The number of carbonyl (C=O) groups excluding carboxylic acids is 1. The minimum Gasteiger partial charge on any atom is -0.462 e. The van der Waals surface area contributed by atoms with Crippen LogP contribution in [0.15, 0.2) is 12.2 Å². The number of esters is 1. The highest BCUT2D eigenvalue weighted by Crippen LogP contribution is 2.16. The normalized spacial score (nSPS) is 13.4. The minimum atomic E-state index is -0.0839. The van der Waals surface area contributed by atoms with E-state index < -0.39 is 0 Å². The van der Waals surface area contributed by atoms with Crippen molar-refractivity contribution in [2.45, 2.75) is 187 Å². The quantitative estimate of drug-likeness (QED) is 0.0701. The van der Waals surface area contributed by atoms with Gasteiger partial charge in [-0.25, -0.2) is 0 Å². The van der Waals surface area contributed by atoms with Gasteiger partial charge in [0.1, 0.15) is 6.10 Å². The molecule has 0 saturated heterocycles. The Morgan fingerprint density at radius 1 is 0.629 bits per heavy atom. The first kappa shape index (κ1) is 34.2. The van der Waals surface area contributed by atoms with Crippen LogP contribution in [0.1, 0.15) is 175 Å². The Morgan fingerprint density at radius 3 is 1.69 bits per heavy atom. The Balaban J connectivity index is 3.67. The molecule has 0 aliphatic carbocycles. The second-order valence-electron chi connectivity index (χ2n) is 10.7. The fourth-order valence-corrected chi connectivity index (χ4v) is 4.67. The Morgan fingerprint density at radius 2 is 1.11 bits per heavy atom. The Labute approximate surface area is 219 Å². The zero-order valence-electron chi connectivity index (χ0n) is 24.0.